The van der Waals surface area contributed by atoms with Crippen molar-refractivity contribution in [1.82, 2.24) is 0 Å². The smallest absolute Gasteiger partial charge is 0.174 e. The van der Waals surface area contributed by atoms with Crippen LogP contribution in [0.25, 0.3) is 0 Å². The number of benzene rings is 1. The molecule has 1 aromatic carbocycles. The van der Waals surface area contributed by atoms with Crippen molar-refractivity contribution in [1.29, 1.82) is 0 Å². The lowest BCUT2D eigenvalue weighted by molar-refractivity contribution is -0.493. The van der Waals surface area contributed by atoms with E-state index in [0.29, 0.717) is 0 Å². The molecule has 0 atom stereocenters. The highest BCUT2D eigenvalue weighted by Gasteiger charge is 2.20. The van der Waals surface area contributed by atoms with E-state index in [1.807, 2.05) is 12.1 Å². The average molecular weight is 206 g/mol. The molecule has 0 bridgehead atoms. The van der Waals surface area contributed by atoms with E-state index in [1.54, 1.807) is 14.2 Å². The summed E-state index contributed by atoms with van der Waals surface area (Å²) in [6.45, 7) is 1.02. The summed E-state index contributed by atoms with van der Waals surface area (Å²) in [7, 11) is 5.48. The Morgan fingerprint density at radius 1 is 1.13 bits per heavy atom. The maximum Gasteiger partial charge on any atom is 0.174 e. The van der Waals surface area contributed by atoms with Gasteiger partial charge >= 0.3 is 0 Å². The number of likely N-dealkylation sites (N-methyl/N-ethyl adjacent to an activating group) is 1. The van der Waals surface area contributed by atoms with Gasteiger partial charge in [0.1, 0.15) is 25.1 Å². The van der Waals surface area contributed by atoms with Crippen LogP contribution in [0.15, 0.2) is 12.1 Å². The van der Waals surface area contributed by atoms with Crippen LogP contribution in [-0.4, -0.2) is 38.6 Å². The SMILES string of the molecule is COc1ccc(OC)c2c1C=[N+](C)CC2. The van der Waals surface area contributed by atoms with Crippen LogP contribution >= 0.6 is 0 Å². The largest absolute Gasteiger partial charge is 0.496 e. The molecule has 0 amide bonds. The normalized spacial score (nSPS) is 14.2. The first-order valence-electron chi connectivity index (χ1n) is 5.05. The molecule has 3 heteroatoms. The molecule has 0 fully saturated rings. The molecular weight excluding hydrogens is 190 g/mol. The fourth-order valence-corrected chi connectivity index (χ4v) is 1.96. The molecule has 0 aromatic heterocycles. The van der Waals surface area contributed by atoms with Crippen LogP contribution in [0, 0.1) is 0 Å². The zero-order chi connectivity index (χ0) is 10.8. The van der Waals surface area contributed by atoms with Gasteiger partial charge in [-0.1, -0.05) is 0 Å². The third-order valence-electron chi connectivity index (χ3n) is 2.78. The molecule has 0 N–H and O–H groups in total. The van der Waals surface area contributed by atoms with Gasteiger partial charge in [-0.2, -0.15) is 0 Å². The number of nitrogens with zero attached hydrogens (tertiary/aromatic N) is 1. The molecule has 0 spiro atoms. The van der Waals surface area contributed by atoms with Crippen LogP contribution in [0.3, 0.4) is 0 Å². The predicted molar refractivity (Wildman–Crippen MR) is 59.5 cm³/mol. The second kappa shape index (κ2) is 3.93. The van der Waals surface area contributed by atoms with Crippen molar-refractivity contribution in [3.05, 3.63) is 23.3 Å². The summed E-state index contributed by atoms with van der Waals surface area (Å²) in [5.41, 5.74) is 2.39. The Bertz CT molecular complexity index is 410. The average Bonchev–Trinajstić information content (AvgIpc) is 2.27. The van der Waals surface area contributed by atoms with Gasteiger partial charge in [-0.15, -0.1) is 0 Å². The third-order valence-corrected chi connectivity index (χ3v) is 2.78. The van der Waals surface area contributed by atoms with Crippen molar-refractivity contribution in [3.63, 3.8) is 0 Å². The lowest BCUT2D eigenvalue weighted by Crippen LogP contribution is -2.20. The van der Waals surface area contributed by atoms with E-state index in [-0.39, 0.29) is 0 Å². The van der Waals surface area contributed by atoms with Crippen molar-refractivity contribution in [3.8, 4) is 11.5 Å². The molecule has 0 radical (unpaired) electrons. The molecule has 0 saturated heterocycles. The van der Waals surface area contributed by atoms with Gasteiger partial charge < -0.3 is 9.47 Å². The van der Waals surface area contributed by atoms with Crippen LogP contribution in [0.4, 0.5) is 0 Å². The van der Waals surface area contributed by atoms with Crippen molar-refractivity contribution in [2.75, 3.05) is 27.8 Å². The van der Waals surface area contributed by atoms with Gasteiger partial charge in [0, 0.05) is 12.0 Å². The van der Waals surface area contributed by atoms with Crippen molar-refractivity contribution in [2.45, 2.75) is 6.42 Å². The Labute approximate surface area is 89.9 Å². The molecule has 80 valence electrons. The fraction of sp³-hybridized carbons (Fsp3) is 0.417. The highest BCUT2D eigenvalue weighted by Crippen LogP contribution is 2.30. The first kappa shape index (κ1) is 10.0. The van der Waals surface area contributed by atoms with Gasteiger partial charge in [0.25, 0.3) is 0 Å². The summed E-state index contributed by atoms with van der Waals surface area (Å²) in [5.74, 6) is 1.87. The van der Waals surface area contributed by atoms with Crippen LogP contribution in [-0.2, 0) is 6.42 Å². The van der Waals surface area contributed by atoms with Gasteiger partial charge in [-0.3, -0.25) is 0 Å². The zero-order valence-electron chi connectivity index (χ0n) is 9.41. The van der Waals surface area contributed by atoms with E-state index >= 15 is 0 Å². The molecule has 0 saturated carbocycles. The van der Waals surface area contributed by atoms with E-state index in [4.69, 9.17) is 9.47 Å². The maximum absolute atomic E-state index is 5.35. The molecule has 15 heavy (non-hydrogen) atoms. The monoisotopic (exact) mass is 206 g/mol. The Balaban J connectivity index is 2.60. The summed E-state index contributed by atoms with van der Waals surface area (Å²) in [6, 6.07) is 3.92. The second-order valence-electron chi connectivity index (χ2n) is 3.72. The lowest BCUT2D eigenvalue weighted by Gasteiger charge is -2.16. The zero-order valence-corrected chi connectivity index (χ0v) is 9.41. The molecule has 1 heterocycles. The Morgan fingerprint density at radius 2 is 1.80 bits per heavy atom. The fourth-order valence-electron chi connectivity index (χ4n) is 1.96. The van der Waals surface area contributed by atoms with Gasteiger partial charge in [0.15, 0.2) is 6.21 Å². The van der Waals surface area contributed by atoms with Crippen LogP contribution in [0.1, 0.15) is 11.1 Å². The minimum absolute atomic E-state index is 0.914. The quantitative estimate of drug-likeness (QED) is 0.681. The van der Waals surface area contributed by atoms with Gasteiger partial charge in [-0.05, 0) is 12.1 Å². The molecule has 1 aliphatic rings. The summed E-state index contributed by atoms with van der Waals surface area (Å²) < 4.78 is 12.9. The van der Waals surface area contributed by atoms with Gasteiger partial charge in [0.05, 0.1) is 19.8 Å². The molecule has 0 aliphatic carbocycles. The number of hydrogen-bond donors (Lipinski definition) is 0. The lowest BCUT2D eigenvalue weighted by atomic mass is 10.0. The van der Waals surface area contributed by atoms with E-state index in [2.05, 4.69) is 17.8 Å². The first-order chi connectivity index (χ1) is 7.26. The minimum Gasteiger partial charge on any atom is -0.496 e. The highest BCUT2D eigenvalue weighted by molar-refractivity contribution is 5.84. The Kier molecular flexibility index (Phi) is 2.62. The molecule has 3 nitrogen and oxygen atoms in total. The third kappa shape index (κ3) is 1.69. The summed E-state index contributed by atoms with van der Waals surface area (Å²) in [4.78, 5) is 0. The van der Waals surface area contributed by atoms with E-state index in [1.165, 1.54) is 5.56 Å². The van der Waals surface area contributed by atoms with Crippen molar-refractivity contribution in [2.24, 2.45) is 0 Å². The van der Waals surface area contributed by atoms with E-state index < -0.39 is 0 Å². The number of hydrogen-bond acceptors (Lipinski definition) is 2. The highest BCUT2D eigenvalue weighted by atomic mass is 16.5. The molecule has 1 aromatic rings. The Hall–Kier alpha value is -1.51. The molecule has 1 aliphatic heterocycles. The van der Waals surface area contributed by atoms with Gasteiger partial charge in [0.2, 0.25) is 0 Å². The van der Waals surface area contributed by atoms with Crippen LogP contribution in [0.2, 0.25) is 0 Å². The minimum atomic E-state index is 0.914. The number of rotatable bonds is 2. The van der Waals surface area contributed by atoms with Crippen molar-refractivity contribution >= 4 is 6.21 Å². The van der Waals surface area contributed by atoms with Gasteiger partial charge in [-0.25, -0.2) is 4.58 Å². The summed E-state index contributed by atoms with van der Waals surface area (Å²) in [6.07, 6.45) is 3.11. The summed E-state index contributed by atoms with van der Waals surface area (Å²) >= 11 is 0. The predicted octanol–water partition coefficient (Wildman–Crippen LogP) is 1.32. The molecule has 0 unspecified atom stereocenters. The van der Waals surface area contributed by atoms with Crippen LogP contribution in [0.5, 0.6) is 11.5 Å². The van der Waals surface area contributed by atoms with Crippen LogP contribution < -0.4 is 9.47 Å². The Morgan fingerprint density at radius 3 is 2.47 bits per heavy atom. The molecular formula is C12H16NO2+. The molecule has 2 rings (SSSR count). The summed E-state index contributed by atoms with van der Waals surface area (Å²) in [5, 5.41) is 0. The second-order valence-corrected chi connectivity index (χ2v) is 3.72. The van der Waals surface area contributed by atoms with Crippen molar-refractivity contribution < 1.29 is 14.0 Å². The number of fused-ring (bicyclic) bond motifs is 1. The topological polar surface area (TPSA) is 21.5 Å². The van der Waals surface area contributed by atoms with E-state index in [9.17, 15) is 0 Å². The maximum atomic E-state index is 5.35. The number of ether oxygens (including phenoxy) is 2. The standard InChI is InChI=1S/C12H16NO2/c1-13-7-6-9-10(8-13)12(15-3)5-4-11(9)14-2/h4-5,8H,6-7H2,1-3H3/q+1. The number of methoxy groups -OCH3 is 2. The van der Waals surface area contributed by atoms with E-state index in [0.717, 1.165) is 30.0 Å². The first-order valence-corrected chi connectivity index (χ1v) is 5.05.